The van der Waals surface area contributed by atoms with E-state index in [1.54, 1.807) is 0 Å². The molecule has 0 aromatic carbocycles. The van der Waals surface area contributed by atoms with Crippen molar-refractivity contribution in [3.63, 3.8) is 0 Å². The number of hydrogen-bond acceptors (Lipinski definition) is 1. The van der Waals surface area contributed by atoms with Crippen LogP contribution in [-0.2, 0) is 4.79 Å². The molecular formula is C13H20O. The lowest BCUT2D eigenvalue weighted by Crippen LogP contribution is -2.11. The van der Waals surface area contributed by atoms with Gasteiger partial charge in [-0.25, -0.2) is 0 Å². The van der Waals surface area contributed by atoms with Crippen molar-refractivity contribution in [1.82, 2.24) is 0 Å². The molecule has 0 saturated carbocycles. The maximum atomic E-state index is 11.6. The zero-order chi connectivity index (χ0) is 11.0. The van der Waals surface area contributed by atoms with Crippen LogP contribution in [-0.4, -0.2) is 5.78 Å². The van der Waals surface area contributed by atoms with Crippen LogP contribution in [0.4, 0.5) is 0 Å². The molecule has 1 atom stereocenters. The largest absolute Gasteiger partial charge is 0.285 e. The van der Waals surface area contributed by atoms with Gasteiger partial charge < -0.3 is 0 Å². The second-order valence-electron chi connectivity index (χ2n) is 3.64. The first kappa shape index (κ1) is 13.0. The summed E-state index contributed by atoms with van der Waals surface area (Å²) in [6.07, 6.45) is 4.11. The molecule has 0 bridgehead atoms. The lowest BCUT2D eigenvalue weighted by Gasteiger charge is -2.08. The first-order valence-corrected chi connectivity index (χ1v) is 5.33. The molecule has 0 heterocycles. The quantitative estimate of drug-likeness (QED) is 0.482. The third-order valence-electron chi connectivity index (χ3n) is 2.17. The predicted molar refractivity (Wildman–Crippen MR) is 60.9 cm³/mol. The summed E-state index contributed by atoms with van der Waals surface area (Å²) in [5, 5.41) is 0. The lowest BCUT2D eigenvalue weighted by molar-refractivity contribution is -0.117. The van der Waals surface area contributed by atoms with E-state index in [4.69, 9.17) is 0 Å². The number of unbranched alkanes of at least 4 members (excludes halogenated alkanes) is 1. The second kappa shape index (κ2) is 7.38. The standard InChI is InChI=1S/C13H20O/c1-5-7-8-12(6-2)13(14)10-9-11(3)4/h12H,3,5-8H2,1-2,4H3. The number of allylic oxidation sites excluding steroid dienone is 1. The van der Waals surface area contributed by atoms with E-state index >= 15 is 0 Å². The minimum atomic E-state index is 0.0731. The van der Waals surface area contributed by atoms with Crippen LogP contribution in [0.2, 0.25) is 0 Å². The van der Waals surface area contributed by atoms with Crippen molar-refractivity contribution in [1.29, 1.82) is 0 Å². The van der Waals surface area contributed by atoms with Gasteiger partial charge in [0, 0.05) is 5.92 Å². The molecular weight excluding hydrogens is 172 g/mol. The van der Waals surface area contributed by atoms with Gasteiger partial charge >= 0.3 is 0 Å². The fraction of sp³-hybridized carbons (Fsp3) is 0.615. The molecule has 0 aliphatic carbocycles. The highest BCUT2D eigenvalue weighted by atomic mass is 16.1. The molecule has 0 rings (SSSR count). The van der Waals surface area contributed by atoms with E-state index in [1.165, 1.54) is 0 Å². The molecule has 1 unspecified atom stereocenters. The number of ketones is 1. The third-order valence-corrected chi connectivity index (χ3v) is 2.17. The van der Waals surface area contributed by atoms with Crippen LogP contribution in [0, 0.1) is 17.8 Å². The van der Waals surface area contributed by atoms with E-state index in [9.17, 15) is 4.79 Å². The van der Waals surface area contributed by atoms with Crippen molar-refractivity contribution in [3.8, 4) is 11.8 Å². The van der Waals surface area contributed by atoms with E-state index in [1.807, 2.05) is 13.8 Å². The Labute approximate surface area is 87.6 Å². The molecule has 0 radical (unpaired) electrons. The van der Waals surface area contributed by atoms with Gasteiger partial charge in [0.05, 0.1) is 0 Å². The second-order valence-corrected chi connectivity index (χ2v) is 3.64. The minimum Gasteiger partial charge on any atom is -0.285 e. The number of Topliss-reactive ketones (excluding diaryl/α,β-unsaturated/α-hetero) is 1. The highest BCUT2D eigenvalue weighted by Crippen LogP contribution is 2.13. The van der Waals surface area contributed by atoms with Gasteiger partial charge in [0.25, 0.3) is 0 Å². The molecule has 0 aliphatic heterocycles. The van der Waals surface area contributed by atoms with Crippen molar-refractivity contribution in [2.75, 3.05) is 0 Å². The van der Waals surface area contributed by atoms with Gasteiger partial charge in [0.2, 0.25) is 5.78 Å². The molecule has 0 aromatic rings. The normalized spacial score (nSPS) is 11.4. The maximum absolute atomic E-state index is 11.6. The Morgan fingerprint density at radius 1 is 1.36 bits per heavy atom. The maximum Gasteiger partial charge on any atom is 0.208 e. The fourth-order valence-corrected chi connectivity index (χ4v) is 1.24. The van der Waals surface area contributed by atoms with Crippen LogP contribution >= 0.6 is 0 Å². The highest BCUT2D eigenvalue weighted by molar-refractivity contribution is 5.97. The van der Waals surface area contributed by atoms with E-state index < -0.39 is 0 Å². The first-order chi connectivity index (χ1) is 6.61. The van der Waals surface area contributed by atoms with Crippen LogP contribution in [0.1, 0.15) is 46.5 Å². The zero-order valence-corrected chi connectivity index (χ0v) is 9.52. The van der Waals surface area contributed by atoms with Gasteiger partial charge in [0.1, 0.15) is 0 Å². The molecule has 0 fully saturated rings. The van der Waals surface area contributed by atoms with Crippen LogP contribution in [0.3, 0.4) is 0 Å². The summed E-state index contributed by atoms with van der Waals surface area (Å²) in [7, 11) is 0. The predicted octanol–water partition coefficient (Wildman–Crippen LogP) is 3.35. The fourth-order valence-electron chi connectivity index (χ4n) is 1.24. The molecule has 0 spiro atoms. The number of hydrogen-bond donors (Lipinski definition) is 0. The van der Waals surface area contributed by atoms with Crippen LogP contribution in [0.15, 0.2) is 12.2 Å². The van der Waals surface area contributed by atoms with Crippen molar-refractivity contribution < 1.29 is 4.79 Å². The Morgan fingerprint density at radius 3 is 2.43 bits per heavy atom. The van der Waals surface area contributed by atoms with E-state index in [-0.39, 0.29) is 11.7 Å². The van der Waals surface area contributed by atoms with Gasteiger partial charge in [-0.05, 0) is 31.3 Å². The highest BCUT2D eigenvalue weighted by Gasteiger charge is 2.12. The molecule has 0 N–H and O–H groups in total. The zero-order valence-electron chi connectivity index (χ0n) is 9.52. The minimum absolute atomic E-state index is 0.0731. The molecule has 0 saturated heterocycles. The van der Waals surface area contributed by atoms with Crippen molar-refractivity contribution in [3.05, 3.63) is 12.2 Å². The summed E-state index contributed by atoms with van der Waals surface area (Å²) < 4.78 is 0. The van der Waals surface area contributed by atoms with Crippen LogP contribution in [0.25, 0.3) is 0 Å². The Bertz CT molecular complexity index is 252. The van der Waals surface area contributed by atoms with Crippen molar-refractivity contribution in [2.24, 2.45) is 5.92 Å². The van der Waals surface area contributed by atoms with E-state index in [2.05, 4.69) is 25.3 Å². The van der Waals surface area contributed by atoms with Crippen molar-refractivity contribution >= 4 is 5.78 Å². The third kappa shape index (κ3) is 5.59. The molecule has 0 aromatic heterocycles. The SMILES string of the molecule is C=C(C)C#CC(=O)C(CC)CCCC. The van der Waals surface area contributed by atoms with Gasteiger partial charge in [-0.3, -0.25) is 4.79 Å². The first-order valence-electron chi connectivity index (χ1n) is 5.33. The van der Waals surface area contributed by atoms with Gasteiger partial charge in [-0.1, -0.05) is 39.2 Å². The van der Waals surface area contributed by atoms with E-state index in [0.29, 0.717) is 0 Å². The monoisotopic (exact) mass is 192 g/mol. The summed E-state index contributed by atoms with van der Waals surface area (Å²) in [5.74, 6) is 5.60. The van der Waals surface area contributed by atoms with Crippen molar-refractivity contribution in [2.45, 2.75) is 46.5 Å². The Balaban J connectivity index is 4.19. The summed E-state index contributed by atoms with van der Waals surface area (Å²) in [4.78, 5) is 11.6. The summed E-state index contributed by atoms with van der Waals surface area (Å²) >= 11 is 0. The number of carbonyl (C=O) groups is 1. The molecule has 78 valence electrons. The van der Waals surface area contributed by atoms with Crippen LogP contribution in [0.5, 0.6) is 0 Å². The average molecular weight is 192 g/mol. The number of carbonyl (C=O) groups excluding carboxylic acids is 1. The Morgan fingerprint density at radius 2 is 2.00 bits per heavy atom. The summed E-state index contributed by atoms with van der Waals surface area (Å²) in [6, 6.07) is 0. The number of rotatable bonds is 5. The van der Waals surface area contributed by atoms with Gasteiger partial charge in [-0.15, -0.1) is 0 Å². The molecule has 1 heteroatoms. The van der Waals surface area contributed by atoms with Gasteiger partial charge in [0.15, 0.2) is 0 Å². The van der Waals surface area contributed by atoms with Gasteiger partial charge in [-0.2, -0.15) is 0 Å². The molecule has 0 amide bonds. The Kier molecular flexibility index (Phi) is 6.84. The molecule has 0 aliphatic rings. The molecule has 14 heavy (non-hydrogen) atoms. The summed E-state index contributed by atoms with van der Waals surface area (Å²) in [5.41, 5.74) is 0.753. The Hall–Kier alpha value is -1.03. The topological polar surface area (TPSA) is 17.1 Å². The average Bonchev–Trinajstić information content (AvgIpc) is 2.16. The smallest absolute Gasteiger partial charge is 0.208 e. The lowest BCUT2D eigenvalue weighted by atomic mass is 9.95. The molecule has 1 nitrogen and oxygen atoms in total. The van der Waals surface area contributed by atoms with Crippen LogP contribution < -0.4 is 0 Å². The summed E-state index contributed by atoms with van der Waals surface area (Å²) in [6.45, 7) is 9.64. The van der Waals surface area contributed by atoms with E-state index in [0.717, 1.165) is 31.3 Å².